The molecule has 2 aromatic heterocycles. The van der Waals surface area contributed by atoms with Gasteiger partial charge in [-0.15, -0.1) is 0 Å². The number of hydrogen-bond acceptors (Lipinski definition) is 2. The highest BCUT2D eigenvalue weighted by molar-refractivity contribution is 6.03. The molecule has 2 aliphatic carbocycles. The number of imidazole rings is 1. The van der Waals surface area contributed by atoms with Gasteiger partial charge in [-0.1, -0.05) is 6.08 Å². The Bertz CT molecular complexity index is 868. The van der Waals surface area contributed by atoms with E-state index in [0.29, 0.717) is 5.78 Å². The first-order chi connectivity index (χ1) is 11.7. The summed E-state index contributed by atoms with van der Waals surface area (Å²) < 4.78 is 4.61. The number of hydrogen-bond donors (Lipinski definition) is 0. The van der Waals surface area contributed by atoms with E-state index >= 15 is 0 Å². The number of carbonyl (C=O) groups is 1. The standard InChI is InChI=1S/C20H23N3O/c1-13-21-9-11-22(13)12-15-7-8-17-18(20(15)24)16-6-2-4-14-5-3-10-23(17)19(14)16/h4,9,11,15H,2-3,5-8,10,12H2,1H3. The van der Waals surface area contributed by atoms with Gasteiger partial charge < -0.3 is 9.13 Å². The van der Waals surface area contributed by atoms with Crippen molar-refractivity contribution in [3.05, 3.63) is 46.8 Å². The molecule has 0 spiro atoms. The van der Waals surface area contributed by atoms with Crippen molar-refractivity contribution in [3.63, 3.8) is 0 Å². The fraction of sp³-hybridized carbons (Fsp3) is 0.500. The Hall–Kier alpha value is -2.10. The summed E-state index contributed by atoms with van der Waals surface area (Å²) in [5.74, 6) is 1.47. The van der Waals surface area contributed by atoms with Crippen LogP contribution in [-0.2, 0) is 25.9 Å². The Morgan fingerprint density at radius 3 is 3.04 bits per heavy atom. The molecule has 1 unspecified atom stereocenters. The van der Waals surface area contributed by atoms with E-state index in [1.807, 2.05) is 19.3 Å². The molecule has 3 heterocycles. The van der Waals surface area contributed by atoms with Gasteiger partial charge in [0.1, 0.15) is 5.82 Å². The molecule has 0 fully saturated rings. The molecule has 0 N–H and O–H groups in total. The summed E-state index contributed by atoms with van der Waals surface area (Å²) in [5, 5.41) is 0. The molecule has 1 aliphatic heterocycles. The average molecular weight is 321 g/mol. The quantitative estimate of drug-likeness (QED) is 0.848. The van der Waals surface area contributed by atoms with E-state index in [4.69, 9.17) is 0 Å². The van der Waals surface area contributed by atoms with Crippen LogP contribution in [0.2, 0.25) is 0 Å². The fourth-order valence-corrected chi connectivity index (χ4v) is 4.92. The molecule has 5 rings (SSSR count). The van der Waals surface area contributed by atoms with Crippen molar-refractivity contribution in [2.24, 2.45) is 5.92 Å². The van der Waals surface area contributed by atoms with Crippen molar-refractivity contribution in [1.29, 1.82) is 0 Å². The van der Waals surface area contributed by atoms with E-state index in [1.165, 1.54) is 35.4 Å². The molecule has 4 heteroatoms. The van der Waals surface area contributed by atoms with Gasteiger partial charge in [0.05, 0.1) is 0 Å². The first kappa shape index (κ1) is 14.3. The highest BCUT2D eigenvalue weighted by atomic mass is 16.1. The zero-order valence-corrected chi connectivity index (χ0v) is 14.2. The predicted molar refractivity (Wildman–Crippen MR) is 93.1 cm³/mol. The smallest absolute Gasteiger partial charge is 0.169 e. The summed E-state index contributed by atoms with van der Waals surface area (Å²) in [6.45, 7) is 3.87. The molecule has 1 atom stereocenters. The third-order valence-electron chi connectivity index (χ3n) is 6.08. The lowest BCUT2D eigenvalue weighted by Gasteiger charge is -2.25. The number of nitrogens with zero attached hydrogens (tertiary/aromatic N) is 3. The van der Waals surface area contributed by atoms with Gasteiger partial charge in [-0.05, 0) is 56.6 Å². The van der Waals surface area contributed by atoms with E-state index in [1.54, 1.807) is 0 Å². The van der Waals surface area contributed by atoms with Gasteiger partial charge in [0, 0.05) is 48.4 Å². The Kier molecular flexibility index (Phi) is 3.09. The van der Waals surface area contributed by atoms with Crippen molar-refractivity contribution in [2.75, 3.05) is 0 Å². The summed E-state index contributed by atoms with van der Waals surface area (Å²) in [5.41, 5.74) is 6.68. The first-order valence-corrected chi connectivity index (χ1v) is 9.19. The molecule has 0 amide bonds. The van der Waals surface area contributed by atoms with Crippen molar-refractivity contribution in [1.82, 2.24) is 14.1 Å². The summed E-state index contributed by atoms with van der Waals surface area (Å²) >= 11 is 0. The highest BCUT2D eigenvalue weighted by Crippen LogP contribution is 2.42. The number of rotatable bonds is 2. The van der Waals surface area contributed by atoms with Gasteiger partial charge in [0.25, 0.3) is 0 Å². The molecule has 4 nitrogen and oxygen atoms in total. The Labute approximate surface area is 142 Å². The largest absolute Gasteiger partial charge is 0.344 e. The van der Waals surface area contributed by atoms with Crippen LogP contribution < -0.4 is 0 Å². The lowest BCUT2D eigenvalue weighted by Crippen LogP contribution is -2.28. The van der Waals surface area contributed by atoms with Crippen LogP contribution in [0.25, 0.3) is 5.57 Å². The molecule has 0 radical (unpaired) electrons. The summed E-state index contributed by atoms with van der Waals surface area (Å²) in [4.78, 5) is 17.6. The number of ketones is 1. The van der Waals surface area contributed by atoms with Crippen molar-refractivity contribution >= 4 is 11.4 Å². The lowest BCUT2D eigenvalue weighted by molar-refractivity contribution is 0.0885. The highest BCUT2D eigenvalue weighted by Gasteiger charge is 2.37. The molecule has 0 aromatic carbocycles. The van der Waals surface area contributed by atoms with Gasteiger partial charge in [0.15, 0.2) is 5.78 Å². The fourth-order valence-electron chi connectivity index (χ4n) is 4.92. The predicted octanol–water partition coefficient (Wildman–Crippen LogP) is 3.56. The van der Waals surface area contributed by atoms with Crippen molar-refractivity contribution < 1.29 is 4.79 Å². The SMILES string of the molecule is Cc1nccn1CC1CCc2c(c3c4n2CCCC4=CCC3)C1=O. The molecule has 24 heavy (non-hydrogen) atoms. The molecule has 124 valence electrons. The maximum absolute atomic E-state index is 13.3. The molecule has 0 bridgehead atoms. The van der Waals surface area contributed by atoms with Crippen LogP contribution in [0.1, 0.15) is 58.8 Å². The minimum absolute atomic E-state index is 0.0976. The van der Waals surface area contributed by atoms with E-state index in [-0.39, 0.29) is 5.92 Å². The molecule has 0 saturated heterocycles. The molecule has 2 aromatic rings. The summed E-state index contributed by atoms with van der Waals surface area (Å²) in [6, 6.07) is 0. The first-order valence-electron chi connectivity index (χ1n) is 9.19. The topological polar surface area (TPSA) is 39.8 Å². The molecular formula is C20H23N3O. The number of Topliss-reactive ketones (excluding diaryl/α,β-unsaturated/α-hetero) is 1. The van der Waals surface area contributed by atoms with Crippen LogP contribution in [0.3, 0.4) is 0 Å². The molecular weight excluding hydrogens is 298 g/mol. The third kappa shape index (κ3) is 1.92. The van der Waals surface area contributed by atoms with Crippen LogP contribution >= 0.6 is 0 Å². The number of aromatic nitrogens is 3. The lowest BCUT2D eigenvalue weighted by atomic mass is 9.82. The number of carbonyl (C=O) groups excluding carboxylic acids is 1. The van der Waals surface area contributed by atoms with Gasteiger partial charge in [0.2, 0.25) is 0 Å². The van der Waals surface area contributed by atoms with Crippen molar-refractivity contribution in [2.45, 2.75) is 58.5 Å². The van der Waals surface area contributed by atoms with Gasteiger partial charge in [-0.3, -0.25) is 4.79 Å². The average Bonchev–Trinajstić information content (AvgIpc) is 3.15. The maximum Gasteiger partial charge on any atom is 0.169 e. The zero-order chi connectivity index (χ0) is 16.3. The van der Waals surface area contributed by atoms with Crippen LogP contribution in [0, 0.1) is 12.8 Å². The molecule has 0 saturated carbocycles. The summed E-state index contributed by atoms with van der Waals surface area (Å²) in [6.07, 6.45) is 12.8. The van der Waals surface area contributed by atoms with E-state index in [9.17, 15) is 4.79 Å². The van der Waals surface area contributed by atoms with E-state index in [0.717, 1.165) is 50.2 Å². The minimum atomic E-state index is 0.0976. The maximum atomic E-state index is 13.3. The molecule has 3 aliphatic rings. The minimum Gasteiger partial charge on any atom is -0.344 e. The number of allylic oxidation sites excluding steroid dienone is 2. The second-order valence-corrected chi connectivity index (χ2v) is 7.40. The second kappa shape index (κ2) is 5.20. The number of fused-ring (bicyclic) bond motifs is 3. The van der Waals surface area contributed by atoms with Crippen LogP contribution in [-0.4, -0.2) is 19.9 Å². The van der Waals surface area contributed by atoms with E-state index in [2.05, 4.69) is 20.2 Å². The monoisotopic (exact) mass is 321 g/mol. The zero-order valence-electron chi connectivity index (χ0n) is 14.2. The van der Waals surface area contributed by atoms with Crippen molar-refractivity contribution in [3.8, 4) is 0 Å². The van der Waals surface area contributed by atoms with Crippen LogP contribution in [0.15, 0.2) is 18.5 Å². The van der Waals surface area contributed by atoms with E-state index < -0.39 is 0 Å². The Balaban J connectivity index is 1.57. The number of aryl methyl sites for hydroxylation is 1. The second-order valence-electron chi connectivity index (χ2n) is 7.40. The summed E-state index contributed by atoms with van der Waals surface area (Å²) in [7, 11) is 0. The van der Waals surface area contributed by atoms with Crippen LogP contribution in [0.4, 0.5) is 0 Å². The van der Waals surface area contributed by atoms with Gasteiger partial charge >= 0.3 is 0 Å². The van der Waals surface area contributed by atoms with Crippen LogP contribution in [0.5, 0.6) is 0 Å². The Morgan fingerprint density at radius 1 is 1.29 bits per heavy atom. The van der Waals surface area contributed by atoms with Gasteiger partial charge in [-0.25, -0.2) is 4.98 Å². The normalized spacial score (nSPS) is 22.1. The Morgan fingerprint density at radius 2 is 2.21 bits per heavy atom. The third-order valence-corrected chi connectivity index (χ3v) is 6.08. The van der Waals surface area contributed by atoms with Gasteiger partial charge in [-0.2, -0.15) is 0 Å².